The van der Waals surface area contributed by atoms with Crippen molar-refractivity contribution in [1.29, 1.82) is 0 Å². The molecule has 0 amide bonds. The molecule has 0 fully saturated rings. The summed E-state index contributed by atoms with van der Waals surface area (Å²) in [5.74, 6) is 0.717. The maximum atomic E-state index is 3.42. The monoisotopic (exact) mass is 231 g/mol. The molecule has 1 unspecified atom stereocenters. The Labute approximate surface area is 106 Å². The van der Waals surface area contributed by atoms with Gasteiger partial charge in [0.1, 0.15) is 0 Å². The van der Waals surface area contributed by atoms with Crippen LogP contribution in [0.15, 0.2) is 18.2 Å². The molecule has 1 aromatic carbocycles. The smallest absolute Gasteiger partial charge is 0.00902 e. The van der Waals surface area contributed by atoms with Gasteiger partial charge in [0.2, 0.25) is 0 Å². The summed E-state index contributed by atoms with van der Waals surface area (Å²) in [5, 5.41) is 3.42. The first-order valence-electron chi connectivity index (χ1n) is 6.98. The second-order valence-electron chi connectivity index (χ2n) is 5.63. The second-order valence-corrected chi connectivity index (χ2v) is 5.63. The van der Waals surface area contributed by atoms with Gasteiger partial charge in [0.05, 0.1) is 0 Å². The first-order chi connectivity index (χ1) is 8.20. The molecule has 0 radical (unpaired) electrons. The summed E-state index contributed by atoms with van der Waals surface area (Å²) in [6, 6.07) is 7.76. The number of benzene rings is 1. The Morgan fingerprint density at radius 1 is 1.18 bits per heavy atom. The lowest BCUT2D eigenvalue weighted by Gasteiger charge is -2.20. The number of hydrogen-bond acceptors (Lipinski definition) is 1. The summed E-state index contributed by atoms with van der Waals surface area (Å²) in [4.78, 5) is 0. The average Bonchev–Trinajstić information content (AvgIpc) is 2.76. The largest absolute Gasteiger partial charge is 0.317 e. The van der Waals surface area contributed by atoms with Gasteiger partial charge in [-0.05, 0) is 61.8 Å². The molecule has 0 aliphatic heterocycles. The van der Waals surface area contributed by atoms with Gasteiger partial charge >= 0.3 is 0 Å². The fourth-order valence-electron chi connectivity index (χ4n) is 2.91. The standard InChI is InChI=1S/C16H25N/c1-12(2)16(17-3)10-8-13-7-9-14-5-4-6-15(14)11-13/h7,9,11-12,16-17H,4-6,8,10H2,1-3H3. The van der Waals surface area contributed by atoms with Crippen molar-refractivity contribution >= 4 is 0 Å². The molecule has 0 bridgehead atoms. The number of aryl methyl sites for hydroxylation is 3. The van der Waals surface area contributed by atoms with Crippen molar-refractivity contribution in [3.05, 3.63) is 34.9 Å². The topological polar surface area (TPSA) is 12.0 Å². The molecule has 1 nitrogen and oxygen atoms in total. The SMILES string of the molecule is CNC(CCc1ccc2c(c1)CCC2)C(C)C. The van der Waals surface area contributed by atoms with Crippen LogP contribution in [0.4, 0.5) is 0 Å². The number of nitrogens with one attached hydrogen (secondary N) is 1. The molecule has 0 aromatic heterocycles. The van der Waals surface area contributed by atoms with E-state index < -0.39 is 0 Å². The minimum Gasteiger partial charge on any atom is -0.317 e. The molecule has 1 atom stereocenters. The molecule has 1 aliphatic carbocycles. The summed E-state index contributed by atoms with van der Waals surface area (Å²) in [7, 11) is 2.08. The van der Waals surface area contributed by atoms with E-state index in [1.54, 1.807) is 11.1 Å². The van der Waals surface area contributed by atoms with Gasteiger partial charge in [0.25, 0.3) is 0 Å². The second kappa shape index (κ2) is 5.68. The molecular formula is C16H25N. The lowest BCUT2D eigenvalue weighted by molar-refractivity contribution is 0.403. The average molecular weight is 231 g/mol. The van der Waals surface area contributed by atoms with Crippen molar-refractivity contribution in [2.45, 2.75) is 52.0 Å². The van der Waals surface area contributed by atoms with Crippen molar-refractivity contribution in [2.24, 2.45) is 5.92 Å². The Morgan fingerprint density at radius 3 is 2.65 bits per heavy atom. The van der Waals surface area contributed by atoms with Crippen LogP contribution in [0.2, 0.25) is 0 Å². The van der Waals surface area contributed by atoms with E-state index in [1.807, 2.05) is 0 Å². The fraction of sp³-hybridized carbons (Fsp3) is 0.625. The number of hydrogen-bond donors (Lipinski definition) is 1. The summed E-state index contributed by atoms with van der Waals surface area (Å²) >= 11 is 0. The zero-order valence-electron chi connectivity index (χ0n) is 11.4. The van der Waals surface area contributed by atoms with E-state index in [0.717, 1.165) is 5.92 Å². The predicted molar refractivity (Wildman–Crippen MR) is 74.5 cm³/mol. The zero-order chi connectivity index (χ0) is 12.3. The van der Waals surface area contributed by atoms with E-state index in [0.29, 0.717) is 6.04 Å². The van der Waals surface area contributed by atoms with Gasteiger partial charge in [-0.2, -0.15) is 0 Å². The zero-order valence-corrected chi connectivity index (χ0v) is 11.4. The van der Waals surface area contributed by atoms with E-state index in [-0.39, 0.29) is 0 Å². The van der Waals surface area contributed by atoms with Crippen molar-refractivity contribution in [1.82, 2.24) is 5.32 Å². The highest BCUT2D eigenvalue weighted by Crippen LogP contribution is 2.23. The fourth-order valence-corrected chi connectivity index (χ4v) is 2.91. The first-order valence-corrected chi connectivity index (χ1v) is 6.98. The summed E-state index contributed by atoms with van der Waals surface area (Å²) in [6.45, 7) is 4.59. The number of rotatable bonds is 5. The maximum Gasteiger partial charge on any atom is 0.00902 e. The molecular weight excluding hydrogens is 206 g/mol. The van der Waals surface area contributed by atoms with Gasteiger partial charge in [-0.15, -0.1) is 0 Å². The Kier molecular flexibility index (Phi) is 4.22. The molecule has 1 aliphatic rings. The first kappa shape index (κ1) is 12.6. The van der Waals surface area contributed by atoms with Crippen LogP contribution in [-0.2, 0) is 19.3 Å². The van der Waals surface area contributed by atoms with Crippen molar-refractivity contribution in [3.8, 4) is 0 Å². The Balaban J connectivity index is 1.95. The molecule has 17 heavy (non-hydrogen) atoms. The van der Waals surface area contributed by atoms with E-state index in [2.05, 4.69) is 44.4 Å². The third-order valence-corrected chi connectivity index (χ3v) is 4.08. The quantitative estimate of drug-likeness (QED) is 0.819. The number of fused-ring (bicyclic) bond motifs is 1. The van der Waals surface area contributed by atoms with Gasteiger partial charge in [0, 0.05) is 6.04 Å². The van der Waals surface area contributed by atoms with Crippen molar-refractivity contribution < 1.29 is 0 Å². The molecule has 0 spiro atoms. The van der Waals surface area contributed by atoms with E-state index in [4.69, 9.17) is 0 Å². The highest BCUT2D eigenvalue weighted by molar-refractivity contribution is 5.35. The Morgan fingerprint density at radius 2 is 1.94 bits per heavy atom. The van der Waals surface area contributed by atoms with Crippen LogP contribution in [-0.4, -0.2) is 13.1 Å². The lowest BCUT2D eigenvalue weighted by Crippen LogP contribution is -2.31. The van der Waals surface area contributed by atoms with Gasteiger partial charge in [-0.1, -0.05) is 32.0 Å². The van der Waals surface area contributed by atoms with Crippen molar-refractivity contribution in [2.75, 3.05) is 7.05 Å². The summed E-state index contributed by atoms with van der Waals surface area (Å²) in [6.07, 6.45) is 6.39. The van der Waals surface area contributed by atoms with Crippen LogP contribution in [0.25, 0.3) is 0 Å². The Hall–Kier alpha value is -0.820. The summed E-state index contributed by atoms with van der Waals surface area (Å²) < 4.78 is 0. The van der Waals surface area contributed by atoms with E-state index in [9.17, 15) is 0 Å². The van der Waals surface area contributed by atoms with Crippen LogP contribution < -0.4 is 5.32 Å². The van der Waals surface area contributed by atoms with Gasteiger partial charge in [0.15, 0.2) is 0 Å². The molecule has 1 aromatic rings. The normalized spacial score (nSPS) is 16.2. The molecule has 94 valence electrons. The van der Waals surface area contributed by atoms with Gasteiger partial charge in [-0.3, -0.25) is 0 Å². The molecule has 0 saturated carbocycles. The molecule has 1 N–H and O–H groups in total. The van der Waals surface area contributed by atoms with E-state index >= 15 is 0 Å². The summed E-state index contributed by atoms with van der Waals surface area (Å²) in [5.41, 5.74) is 4.71. The highest BCUT2D eigenvalue weighted by atomic mass is 14.9. The van der Waals surface area contributed by atoms with Crippen LogP contribution in [0.3, 0.4) is 0 Å². The van der Waals surface area contributed by atoms with E-state index in [1.165, 1.54) is 37.7 Å². The van der Waals surface area contributed by atoms with Crippen LogP contribution in [0.5, 0.6) is 0 Å². The highest BCUT2D eigenvalue weighted by Gasteiger charge is 2.13. The molecule has 1 heteroatoms. The molecule has 2 rings (SSSR count). The van der Waals surface area contributed by atoms with Gasteiger partial charge < -0.3 is 5.32 Å². The third kappa shape index (κ3) is 3.10. The molecule has 0 saturated heterocycles. The predicted octanol–water partition coefficient (Wildman–Crippen LogP) is 3.35. The molecule has 0 heterocycles. The minimum atomic E-state index is 0.642. The van der Waals surface area contributed by atoms with Crippen molar-refractivity contribution in [3.63, 3.8) is 0 Å². The Bertz CT molecular complexity index is 368. The van der Waals surface area contributed by atoms with Gasteiger partial charge in [-0.25, -0.2) is 0 Å². The minimum absolute atomic E-state index is 0.642. The van der Waals surface area contributed by atoms with Crippen LogP contribution in [0, 0.1) is 5.92 Å². The third-order valence-electron chi connectivity index (χ3n) is 4.08. The lowest BCUT2D eigenvalue weighted by atomic mass is 9.95. The van der Waals surface area contributed by atoms with Crippen LogP contribution in [0.1, 0.15) is 43.4 Å². The van der Waals surface area contributed by atoms with Crippen LogP contribution >= 0.6 is 0 Å². The maximum absolute atomic E-state index is 3.42.